The first-order chi connectivity index (χ1) is 12.0. The van der Waals surface area contributed by atoms with E-state index in [-0.39, 0.29) is 11.8 Å². The molecule has 0 aliphatic heterocycles. The van der Waals surface area contributed by atoms with Crippen molar-refractivity contribution in [2.75, 3.05) is 10.6 Å². The Hall–Kier alpha value is -2.53. The number of ether oxygens (including phenoxy) is 1. The minimum absolute atomic E-state index is 0.0505. The van der Waals surface area contributed by atoms with Gasteiger partial charge in [-0.25, -0.2) is 0 Å². The van der Waals surface area contributed by atoms with Gasteiger partial charge in [-0.3, -0.25) is 9.59 Å². The molecule has 1 atom stereocenters. The average molecular weight is 361 g/mol. The van der Waals surface area contributed by atoms with Crippen LogP contribution in [0.1, 0.15) is 26.7 Å². The molecule has 6 heteroatoms. The zero-order valence-electron chi connectivity index (χ0n) is 14.2. The summed E-state index contributed by atoms with van der Waals surface area (Å²) in [5.41, 5.74) is 1.23. The van der Waals surface area contributed by atoms with Crippen molar-refractivity contribution in [2.24, 2.45) is 0 Å². The smallest absolute Gasteiger partial charge is 0.265 e. The molecule has 2 aromatic carbocycles. The Morgan fingerprint density at radius 3 is 2.36 bits per heavy atom. The van der Waals surface area contributed by atoms with Gasteiger partial charge in [-0.2, -0.15) is 0 Å². The number of amides is 2. The van der Waals surface area contributed by atoms with Gasteiger partial charge in [0.1, 0.15) is 5.75 Å². The van der Waals surface area contributed by atoms with Crippen molar-refractivity contribution < 1.29 is 14.3 Å². The average Bonchev–Trinajstić information content (AvgIpc) is 2.57. The van der Waals surface area contributed by atoms with Gasteiger partial charge in [-0.1, -0.05) is 24.6 Å². The molecule has 2 amide bonds. The van der Waals surface area contributed by atoms with Gasteiger partial charge in [0.05, 0.1) is 0 Å². The summed E-state index contributed by atoms with van der Waals surface area (Å²) in [5.74, 6) is 0.227. The summed E-state index contributed by atoms with van der Waals surface area (Å²) >= 11 is 5.82. The Balaban J connectivity index is 1.95. The number of anilines is 2. The van der Waals surface area contributed by atoms with Crippen LogP contribution in [0.25, 0.3) is 0 Å². The minimum Gasteiger partial charge on any atom is -0.481 e. The molecule has 0 saturated heterocycles. The molecule has 0 heterocycles. The summed E-state index contributed by atoms with van der Waals surface area (Å²) in [6.45, 7) is 3.61. The summed E-state index contributed by atoms with van der Waals surface area (Å²) in [7, 11) is 0. The van der Waals surface area contributed by atoms with Crippen LogP contribution < -0.4 is 15.4 Å². The fourth-order valence-corrected chi connectivity index (χ4v) is 2.27. The van der Waals surface area contributed by atoms with Crippen LogP contribution in [0.5, 0.6) is 5.75 Å². The highest BCUT2D eigenvalue weighted by Crippen LogP contribution is 2.19. The van der Waals surface area contributed by atoms with E-state index in [1.807, 2.05) is 6.92 Å². The monoisotopic (exact) mass is 360 g/mol. The van der Waals surface area contributed by atoms with E-state index in [1.54, 1.807) is 55.5 Å². The van der Waals surface area contributed by atoms with Crippen molar-refractivity contribution in [1.29, 1.82) is 0 Å². The van der Waals surface area contributed by atoms with Gasteiger partial charge >= 0.3 is 0 Å². The third-order valence-electron chi connectivity index (χ3n) is 3.39. The van der Waals surface area contributed by atoms with Crippen LogP contribution in [0.4, 0.5) is 11.4 Å². The Morgan fingerprint density at radius 1 is 1.08 bits per heavy atom. The fraction of sp³-hybridized carbons (Fsp3) is 0.263. The molecule has 0 aliphatic carbocycles. The summed E-state index contributed by atoms with van der Waals surface area (Å²) in [4.78, 5) is 23.9. The lowest BCUT2D eigenvalue weighted by molar-refractivity contribution is -0.122. The number of rotatable bonds is 7. The van der Waals surface area contributed by atoms with Crippen LogP contribution in [-0.2, 0) is 9.59 Å². The van der Waals surface area contributed by atoms with E-state index in [0.717, 1.165) is 6.42 Å². The third kappa shape index (κ3) is 6.12. The molecule has 25 heavy (non-hydrogen) atoms. The van der Waals surface area contributed by atoms with Gasteiger partial charge in [0.25, 0.3) is 5.91 Å². The molecule has 0 saturated carbocycles. The number of hydrogen-bond donors (Lipinski definition) is 2. The van der Waals surface area contributed by atoms with Crippen molar-refractivity contribution in [3.05, 3.63) is 53.6 Å². The molecule has 2 N–H and O–H groups in total. The Kier molecular flexibility index (Phi) is 6.83. The van der Waals surface area contributed by atoms with Crippen LogP contribution >= 0.6 is 11.6 Å². The molecule has 2 aromatic rings. The first kappa shape index (κ1) is 18.8. The van der Waals surface area contributed by atoms with Crippen LogP contribution in [0.15, 0.2) is 48.5 Å². The van der Waals surface area contributed by atoms with Crippen LogP contribution in [-0.4, -0.2) is 17.9 Å². The number of hydrogen-bond acceptors (Lipinski definition) is 3. The zero-order chi connectivity index (χ0) is 18.2. The second-order valence-electron chi connectivity index (χ2n) is 5.58. The fourth-order valence-electron chi connectivity index (χ4n) is 2.14. The predicted octanol–water partition coefficient (Wildman–Crippen LogP) is 4.48. The Bertz CT molecular complexity index is 732. The van der Waals surface area contributed by atoms with E-state index in [9.17, 15) is 9.59 Å². The van der Waals surface area contributed by atoms with Crippen molar-refractivity contribution in [3.63, 3.8) is 0 Å². The largest absolute Gasteiger partial charge is 0.481 e. The molecule has 1 unspecified atom stereocenters. The van der Waals surface area contributed by atoms with Gasteiger partial charge in [-0.05, 0) is 55.8 Å². The van der Waals surface area contributed by atoms with E-state index in [4.69, 9.17) is 16.3 Å². The van der Waals surface area contributed by atoms with Crippen molar-refractivity contribution in [2.45, 2.75) is 32.8 Å². The van der Waals surface area contributed by atoms with Crippen molar-refractivity contribution in [3.8, 4) is 5.75 Å². The molecular weight excluding hydrogens is 340 g/mol. The molecule has 2 rings (SSSR count). The highest BCUT2D eigenvalue weighted by Gasteiger charge is 2.15. The Morgan fingerprint density at radius 2 is 1.72 bits per heavy atom. The lowest BCUT2D eigenvalue weighted by Crippen LogP contribution is -2.30. The van der Waals surface area contributed by atoms with Crippen LogP contribution in [0, 0.1) is 0 Å². The zero-order valence-corrected chi connectivity index (χ0v) is 15.0. The topological polar surface area (TPSA) is 67.4 Å². The molecule has 5 nitrogen and oxygen atoms in total. The van der Waals surface area contributed by atoms with E-state index >= 15 is 0 Å². The highest BCUT2D eigenvalue weighted by atomic mass is 35.5. The predicted molar refractivity (Wildman–Crippen MR) is 100 cm³/mol. The molecule has 0 aromatic heterocycles. The maximum Gasteiger partial charge on any atom is 0.265 e. The van der Waals surface area contributed by atoms with Gasteiger partial charge in [0.15, 0.2) is 6.10 Å². The number of carbonyl (C=O) groups is 2. The van der Waals surface area contributed by atoms with E-state index in [0.29, 0.717) is 28.6 Å². The van der Waals surface area contributed by atoms with E-state index in [2.05, 4.69) is 10.6 Å². The maximum absolute atomic E-state index is 12.3. The standard InChI is InChI=1S/C19H21ClN2O3/c1-3-5-18(23)21-15-6-4-7-16(12-15)22-19(24)13(2)25-17-10-8-14(20)9-11-17/h4,6-13H,3,5H2,1-2H3,(H,21,23)(H,22,24). The van der Waals surface area contributed by atoms with Crippen molar-refractivity contribution >= 4 is 34.8 Å². The molecule has 0 bridgehead atoms. The van der Waals surface area contributed by atoms with E-state index < -0.39 is 6.10 Å². The lowest BCUT2D eigenvalue weighted by atomic mass is 10.2. The highest BCUT2D eigenvalue weighted by molar-refractivity contribution is 6.30. The number of carbonyl (C=O) groups excluding carboxylic acids is 2. The van der Waals surface area contributed by atoms with Crippen LogP contribution in [0.3, 0.4) is 0 Å². The van der Waals surface area contributed by atoms with Crippen molar-refractivity contribution in [1.82, 2.24) is 0 Å². The number of nitrogens with one attached hydrogen (secondary N) is 2. The Labute approximate surface area is 152 Å². The van der Waals surface area contributed by atoms with E-state index in [1.165, 1.54) is 0 Å². The molecule has 0 spiro atoms. The number of benzene rings is 2. The summed E-state index contributed by atoms with van der Waals surface area (Å²) in [6, 6.07) is 13.8. The van der Waals surface area contributed by atoms with Gasteiger partial charge in [-0.15, -0.1) is 0 Å². The first-order valence-electron chi connectivity index (χ1n) is 8.11. The van der Waals surface area contributed by atoms with Gasteiger partial charge in [0, 0.05) is 22.8 Å². The number of halogens is 1. The summed E-state index contributed by atoms with van der Waals surface area (Å²) in [6.07, 6.45) is 0.559. The summed E-state index contributed by atoms with van der Waals surface area (Å²) in [5, 5.41) is 6.18. The molecule has 0 aliphatic rings. The normalized spacial score (nSPS) is 11.5. The lowest BCUT2D eigenvalue weighted by Gasteiger charge is -2.15. The molecule has 132 valence electrons. The van der Waals surface area contributed by atoms with Gasteiger partial charge in [0.2, 0.25) is 5.91 Å². The van der Waals surface area contributed by atoms with Gasteiger partial charge < -0.3 is 15.4 Å². The maximum atomic E-state index is 12.3. The second kappa shape index (κ2) is 9.08. The van der Waals surface area contributed by atoms with Crippen LogP contribution in [0.2, 0.25) is 5.02 Å². The second-order valence-corrected chi connectivity index (χ2v) is 6.02. The quantitative estimate of drug-likeness (QED) is 0.764. The third-order valence-corrected chi connectivity index (χ3v) is 3.64. The molecular formula is C19H21ClN2O3. The SMILES string of the molecule is CCCC(=O)Nc1cccc(NC(=O)C(C)Oc2ccc(Cl)cc2)c1. The summed E-state index contributed by atoms with van der Waals surface area (Å²) < 4.78 is 5.59. The molecule has 0 fully saturated rings. The first-order valence-corrected chi connectivity index (χ1v) is 8.48. The molecule has 0 radical (unpaired) electrons. The minimum atomic E-state index is -0.681.